The van der Waals surface area contributed by atoms with Crippen LogP contribution in [0.5, 0.6) is 0 Å². The first-order valence-electron chi connectivity index (χ1n) is 12.5. The monoisotopic (exact) mass is 538 g/mol. The van der Waals surface area contributed by atoms with Crippen molar-refractivity contribution in [1.29, 1.82) is 0 Å². The summed E-state index contributed by atoms with van der Waals surface area (Å²) in [6.07, 6.45) is 4.79. The smallest absolute Gasteiger partial charge is 0.320 e. The van der Waals surface area contributed by atoms with Gasteiger partial charge >= 0.3 is 6.03 Å². The Balaban J connectivity index is 1.29. The standard InChI is InChI=1S/C23H38N6O5SSi/c1-23(14-34-15-23)16-35(31,32)29-8-5-6-18(13-29)25-22(30)27-20-12-24-21-19(26-20)7-9-28(21)17-33-10-11-36(2,3)4/h7,9,12,18H,5-6,8,10-11,13-17H2,1-4H3,(H2,25,26,27,30)/t18-/m0/s1. The van der Waals surface area contributed by atoms with E-state index in [9.17, 15) is 13.2 Å². The Morgan fingerprint density at radius 1 is 1.33 bits per heavy atom. The molecule has 2 aromatic heterocycles. The maximum Gasteiger partial charge on any atom is 0.320 e. The minimum atomic E-state index is -3.42. The molecule has 1 atom stereocenters. The van der Waals surface area contributed by atoms with E-state index in [1.807, 2.05) is 23.8 Å². The first-order chi connectivity index (χ1) is 16.9. The number of anilines is 1. The maximum absolute atomic E-state index is 12.9. The molecule has 0 unspecified atom stereocenters. The SMILES string of the molecule is CC1(CS(=O)(=O)N2CCC[C@H](NC(=O)Nc3cnc4c(ccn4COCC[Si](C)(C)C)n3)C2)COC1. The zero-order valence-corrected chi connectivity index (χ0v) is 23.4. The molecule has 13 heteroatoms. The van der Waals surface area contributed by atoms with Gasteiger partial charge in [0.2, 0.25) is 10.0 Å². The summed E-state index contributed by atoms with van der Waals surface area (Å²) >= 11 is 0. The summed E-state index contributed by atoms with van der Waals surface area (Å²) in [6.45, 7) is 11.7. The van der Waals surface area contributed by atoms with E-state index in [2.05, 4.69) is 40.2 Å². The number of sulfonamides is 1. The number of urea groups is 1. The molecule has 4 heterocycles. The normalized spacial score (nSPS) is 20.7. The summed E-state index contributed by atoms with van der Waals surface area (Å²) in [5.41, 5.74) is 1.02. The molecular formula is C23H38N6O5SSi. The molecule has 200 valence electrons. The predicted octanol–water partition coefficient (Wildman–Crippen LogP) is 2.70. The van der Waals surface area contributed by atoms with Gasteiger partial charge in [-0.1, -0.05) is 26.6 Å². The molecular weight excluding hydrogens is 500 g/mol. The van der Waals surface area contributed by atoms with Crippen LogP contribution in [0.4, 0.5) is 10.6 Å². The van der Waals surface area contributed by atoms with Crippen LogP contribution >= 0.6 is 0 Å². The lowest BCUT2D eigenvalue weighted by Crippen LogP contribution is -2.54. The van der Waals surface area contributed by atoms with Gasteiger partial charge < -0.3 is 19.4 Å². The number of hydrogen-bond donors (Lipinski definition) is 2. The Morgan fingerprint density at radius 2 is 2.11 bits per heavy atom. The fraction of sp³-hybridized carbons (Fsp3) is 0.696. The number of nitrogens with one attached hydrogen (secondary N) is 2. The van der Waals surface area contributed by atoms with Gasteiger partial charge in [0.1, 0.15) is 12.2 Å². The first kappa shape index (κ1) is 27.0. The van der Waals surface area contributed by atoms with E-state index in [4.69, 9.17) is 9.47 Å². The van der Waals surface area contributed by atoms with Crippen molar-refractivity contribution in [2.75, 3.05) is 44.0 Å². The van der Waals surface area contributed by atoms with Crippen LogP contribution in [0, 0.1) is 5.41 Å². The number of carbonyl (C=O) groups is 1. The van der Waals surface area contributed by atoms with Crippen molar-refractivity contribution in [3.05, 3.63) is 18.5 Å². The third-order valence-corrected chi connectivity index (χ3v) is 10.4. The Labute approximate surface area is 214 Å². The van der Waals surface area contributed by atoms with Gasteiger partial charge in [0.15, 0.2) is 11.5 Å². The van der Waals surface area contributed by atoms with Gasteiger partial charge in [0, 0.05) is 45.4 Å². The molecule has 2 saturated heterocycles. The van der Waals surface area contributed by atoms with Crippen LogP contribution in [0.1, 0.15) is 19.8 Å². The van der Waals surface area contributed by atoms with Crippen LogP contribution in [0.25, 0.3) is 11.2 Å². The van der Waals surface area contributed by atoms with Gasteiger partial charge in [-0.05, 0) is 25.0 Å². The topological polar surface area (TPSA) is 128 Å². The fourth-order valence-corrected chi connectivity index (χ4v) is 7.18. The van der Waals surface area contributed by atoms with E-state index in [0.717, 1.165) is 12.7 Å². The summed E-state index contributed by atoms with van der Waals surface area (Å²) in [4.78, 5) is 21.6. The minimum Gasteiger partial charge on any atom is -0.380 e. The van der Waals surface area contributed by atoms with Crippen molar-refractivity contribution in [1.82, 2.24) is 24.2 Å². The molecule has 0 bridgehead atoms. The molecule has 0 aliphatic carbocycles. The average molecular weight is 539 g/mol. The Bertz CT molecular complexity index is 1180. The Morgan fingerprint density at radius 3 is 2.81 bits per heavy atom. The maximum atomic E-state index is 12.9. The molecule has 0 saturated carbocycles. The van der Waals surface area contributed by atoms with Crippen molar-refractivity contribution in [2.45, 2.75) is 58.2 Å². The molecule has 0 radical (unpaired) electrons. The molecule has 2 aliphatic rings. The quantitative estimate of drug-likeness (QED) is 0.352. The first-order valence-corrected chi connectivity index (χ1v) is 17.8. The summed E-state index contributed by atoms with van der Waals surface area (Å²) < 4.78 is 40.2. The largest absolute Gasteiger partial charge is 0.380 e. The van der Waals surface area contributed by atoms with E-state index in [-0.39, 0.29) is 23.8 Å². The highest BCUT2D eigenvalue weighted by Crippen LogP contribution is 2.30. The lowest BCUT2D eigenvalue weighted by atomic mass is 9.92. The van der Waals surface area contributed by atoms with Crippen molar-refractivity contribution >= 4 is 41.1 Å². The van der Waals surface area contributed by atoms with E-state index >= 15 is 0 Å². The number of ether oxygens (including phenoxy) is 2. The molecule has 0 aromatic carbocycles. The second-order valence-corrected chi connectivity index (χ2v) is 19.0. The summed E-state index contributed by atoms with van der Waals surface area (Å²) in [5.74, 6) is 0.396. The second kappa shape index (κ2) is 10.7. The van der Waals surface area contributed by atoms with Crippen LogP contribution in [0.3, 0.4) is 0 Å². The van der Waals surface area contributed by atoms with Crippen LogP contribution in [-0.4, -0.2) is 86.1 Å². The number of carbonyl (C=O) groups excluding carboxylic acids is 1. The highest BCUT2D eigenvalue weighted by atomic mass is 32.2. The lowest BCUT2D eigenvalue weighted by Gasteiger charge is -2.40. The predicted molar refractivity (Wildman–Crippen MR) is 141 cm³/mol. The molecule has 4 rings (SSSR count). The zero-order valence-electron chi connectivity index (χ0n) is 21.6. The number of aromatic nitrogens is 3. The number of amides is 2. The van der Waals surface area contributed by atoms with E-state index in [0.29, 0.717) is 56.3 Å². The molecule has 2 aliphatic heterocycles. The number of hydrogen-bond acceptors (Lipinski definition) is 7. The van der Waals surface area contributed by atoms with Crippen molar-refractivity contribution in [2.24, 2.45) is 5.41 Å². The fourth-order valence-electron chi connectivity index (χ4n) is 4.38. The zero-order chi connectivity index (χ0) is 26.0. The van der Waals surface area contributed by atoms with E-state index in [1.165, 1.54) is 10.5 Å². The molecule has 2 amide bonds. The van der Waals surface area contributed by atoms with Crippen molar-refractivity contribution in [3.63, 3.8) is 0 Å². The van der Waals surface area contributed by atoms with Crippen molar-refractivity contribution < 1.29 is 22.7 Å². The van der Waals surface area contributed by atoms with Gasteiger partial charge in [-0.15, -0.1) is 0 Å². The molecule has 2 N–H and O–H groups in total. The van der Waals surface area contributed by atoms with Gasteiger partial charge in [-0.3, -0.25) is 5.32 Å². The van der Waals surface area contributed by atoms with Gasteiger partial charge in [-0.2, -0.15) is 4.31 Å². The Kier molecular flexibility index (Phi) is 8.05. The summed E-state index contributed by atoms with van der Waals surface area (Å²) in [6, 6.07) is 2.23. The molecule has 11 nitrogen and oxygen atoms in total. The Hall–Kier alpha value is -2.06. The minimum absolute atomic E-state index is 0.0670. The molecule has 2 fully saturated rings. The highest BCUT2D eigenvalue weighted by molar-refractivity contribution is 7.89. The average Bonchev–Trinajstić information content (AvgIpc) is 3.17. The van der Waals surface area contributed by atoms with E-state index < -0.39 is 24.1 Å². The number of piperidine rings is 1. The highest BCUT2D eigenvalue weighted by Gasteiger charge is 2.41. The van der Waals surface area contributed by atoms with Crippen LogP contribution in [0.2, 0.25) is 25.7 Å². The van der Waals surface area contributed by atoms with Crippen LogP contribution < -0.4 is 10.6 Å². The van der Waals surface area contributed by atoms with Crippen LogP contribution in [-0.2, 0) is 26.2 Å². The number of fused-ring (bicyclic) bond motifs is 1. The summed E-state index contributed by atoms with van der Waals surface area (Å²) in [5, 5.41) is 5.61. The lowest BCUT2D eigenvalue weighted by molar-refractivity contribution is -0.0874. The van der Waals surface area contributed by atoms with Gasteiger partial charge in [0.25, 0.3) is 0 Å². The molecule has 36 heavy (non-hydrogen) atoms. The molecule has 2 aromatic rings. The number of rotatable bonds is 10. The van der Waals surface area contributed by atoms with Crippen LogP contribution in [0.15, 0.2) is 18.5 Å². The second-order valence-electron chi connectivity index (χ2n) is 11.5. The molecule has 0 spiro atoms. The van der Waals surface area contributed by atoms with E-state index in [1.54, 1.807) is 0 Å². The third kappa shape index (κ3) is 7.03. The summed E-state index contributed by atoms with van der Waals surface area (Å²) in [7, 11) is -4.56. The van der Waals surface area contributed by atoms with Gasteiger partial charge in [-0.25, -0.2) is 23.2 Å². The number of nitrogens with zero attached hydrogens (tertiary/aromatic N) is 4. The van der Waals surface area contributed by atoms with Crippen molar-refractivity contribution in [3.8, 4) is 0 Å². The van der Waals surface area contributed by atoms with Gasteiger partial charge in [0.05, 0.1) is 25.2 Å². The third-order valence-electron chi connectivity index (χ3n) is 6.48.